The molecule has 6 heteroatoms. The molecule has 0 aromatic rings. The molecule has 0 bridgehead atoms. The maximum absolute atomic E-state index is 13.0. The van der Waals surface area contributed by atoms with Crippen molar-refractivity contribution >= 4 is 17.9 Å². The fourth-order valence-corrected chi connectivity index (χ4v) is 11.8. The standard InChI is InChI=1S/C77H146O6/c1-4-7-10-13-16-19-22-25-28-30-32-33-34-35-36-37-38-39-40-41-42-43-44-46-47-49-52-55-58-61-64-67-70-76(79)82-73-74(72-81-75(78)69-66-63-60-57-54-51-27-24-21-18-15-12-9-6-3)83-77(80)71-68-65-62-59-56-53-50-48-45-31-29-26-23-20-17-14-11-8-5-2/h17,20,26,29,74H,4-16,18-19,21-25,27-28,30-73H2,1-3H3/b20-17-,29-26-. The van der Waals surface area contributed by atoms with Crippen molar-refractivity contribution in [1.29, 1.82) is 0 Å². The van der Waals surface area contributed by atoms with Crippen LogP contribution in [0.15, 0.2) is 24.3 Å². The quantitative estimate of drug-likeness (QED) is 0.0261. The Morgan fingerprint density at radius 2 is 0.434 bits per heavy atom. The molecule has 0 radical (unpaired) electrons. The van der Waals surface area contributed by atoms with Crippen LogP contribution >= 0.6 is 0 Å². The van der Waals surface area contributed by atoms with E-state index in [2.05, 4.69) is 45.1 Å². The molecule has 0 saturated heterocycles. The lowest BCUT2D eigenvalue weighted by atomic mass is 10.0. The molecular weight excluding hydrogens is 1020 g/mol. The van der Waals surface area contributed by atoms with E-state index in [1.54, 1.807) is 0 Å². The first-order valence-corrected chi connectivity index (χ1v) is 37.8. The summed E-state index contributed by atoms with van der Waals surface area (Å²) in [5.41, 5.74) is 0. The van der Waals surface area contributed by atoms with Crippen LogP contribution in [0, 0.1) is 0 Å². The van der Waals surface area contributed by atoms with Gasteiger partial charge in [-0.15, -0.1) is 0 Å². The van der Waals surface area contributed by atoms with Gasteiger partial charge in [-0.05, 0) is 51.4 Å². The minimum Gasteiger partial charge on any atom is -0.462 e. The van der Waals surface area contributed by atoms with Gasteiger partial charge in [-0.2, -0.15) is 0 Å². The second-order valence-electron chi connectivity index (χ2n) is 25.9. The molecule has 0 heterocycles. The molecule has 1 unspecified atom stereocenters. The van der Waals surface area contributed by atoms with Gasteiger partial charge in [0.05, 0.1) is 0 Å². The van der Waals surface area contributed by atoms with E-state index in [1.165, 1.54) is 327 Å². The minimum atomic E-state index is -0.771. The number of carbonyl (C=O) groups is 3. The molecular formula is C77H146O6. The van der Waals surface area contributed by atoms with E-state index in [4.69, 9.17) is 14.2 Å². The fraction of sp³-hybridized carbons (Fsp3) is 0.909. The second-order valence-corrected chi connectivity index (χ2v) is 25.9. The van der Waals surface area contributed by atoms with Gasteiger partial charge in [-0.25, -0.2) is 0 Å². The molecule has 490 valence electrons. The van der Waals surface area contributed by atoms with Gasteiger partial charge < -0.3 is 14.2 Å². The van der Waals surface area contributed by atoms with Crippen molar-refractivity contribution in [3.63, 3.8) is 0 Å². The van der Waals surface area contributed by atoms with Gasteiger partial charge in [-0.3, -0.25) is 14.4 Å². The molecule has 0 saturated carbocycles. The first-order chi connectivity index (χ1) is 41.0. The molecule has 0 fully saturated rings. The molecule has 0 aliphatic heterocycles. The van der Waals surface area contributed by atoms with Crippen LogP contribution < -0.4 is 0 Å². The van der Waals surface area contributed by atoms with E-state index in [1.807, 2.05) is 0 Å². The molecule has 0 aromatic heterocycles. The smallest absolute Gasteiger partial charge is 0.306 e. The summed E-state index contributed by atoms with van der Waals surface area (Å²) < 4.78 is 17.0. The minimum absolute atomic E-state index is 0.0663. The van der Waals surface area contributed by atoms with Crippen molar-refractivity contribution in [3.05, 3.63) is 24.3 Å². The Morgan fingerprint density at radius 3 is 0.687 bits per heavy atom. The Labute approximate surface area is 519 Å². The summed E-state index contributed by atoms with van der Waals surface area (Å²) in [5.74, 6) is -0.836. The summed E-state index contributed by atoms with van der Waals surface area (Å²) in [5, 5.41) is 0. The lowest BCUT2D eigenvalue weighted by Gasteiger charge is -2.18. The average Bonchev–Trinajstić information content (AvgIpc) is 3.49. The highest BCUT2D eigenvalue weighted by Crippen LogP contribution is 2.20. The summed E-state index contributed by atoms with van der Waals surface area (Å²) in [7, 11) is 0. The second kappa shape index (κ2) is 72.4. The zero-order chi connectivity index (χ0) is 59.9. The van der Waals surface area contributed by atoms with Crippen molar-refractivity contribution in [2.24, 2.45) is 0 Å². The van der Waals surface area contributed by atoms with E-state index in [-0.39, 0.29) is 31.1 Å². The number of unbranched alkanes of at least 4 members (excludes halogenated alkanes) is 56. The van der Waals surface area contributed by atoms with Gasteiger partial charge in [-0.1, -0.05) is 385 Å². The Kier molecular flexibility index (Phi) is 70.5. The lowest BCUT2D eigenvalue weighted by Crippen LogP contribution is -2.30. The molecule has 0 aliphatic rings. The highest BCUT2D eigenvalue weighted by molar-refractivity contribution is 5.71. The number of hydrogen-bond acceptors (Lipinski definition) is 6. The van der Waals surface area contributed by atoms with Crippen molar-refractivity contribution in [2.45, 2.75) is 438 Å². The van der Waals surface area contributed by atoms with Crippen LogP contribution in [-0.4, -0.2) is 37.2 Å². The van der Waals surface area contributed by atoms with E-state index in [0.717, 1.165) is 64.2 Å². The van der Waals surface area contributed by atoms with E-state index in [9.17, 15) is 14.4 Å². The van der Waals surface area contributed by atoms with Gasteiger partial charge in [0.15, 0.2) is 6.10 Å². The topological polar surface area (TPSA) is 78.9 Å². The summed E-state index contributed by atoms with van der Waals surface area (Å²) in [6, 6.07) is 0. The summed E-state index contributed by atoms with van der Waals surface area (Å²) in [6.45, 7) is 6.70. The molecule has 0 rings (SSSR count). The third kappa shape index (κ3) is 70.5. The van der Waals surface area contributed by atoms with Crippen molar-refractivity contribution in [1.82, 2.24) is 0 Å². The Bertz CT molecular complexity index is 1340. The number of rotatable bonds is 71. The molecule has 0 N–H and O–H groups in total. The lowest BCUT2D eigenvalue weighted by molar-refractivity contribution is -0.167. The SMILES string of the molecule is CCCCC/C=C\C/C=C\CCCCCCCCCCCC(=O)OC(COC(=O)CCCCCCCCCCCCCCCC)COC(=O)CCCCCCCCCCCCCCCCCCCCCCCCCCCCCCCCCC. The molecule has 0 spiro atoms. The molecule has 0 aromatic carbocycles. The number of esters is 3. The average molecular weight is 1170 g/mol. The molecule has 0 aliphatic carbocycles. The van der Waals surface area contributed by atoms with Crippen LogP contribution in [0.25, 0.3) is 0 Å². The maximum atomic E-state index is 13.0. The summed E-state index contributed by atoms with van der Waals surface area (Å²) in [4.78, 5) is 38.5. The fourth-order valence-electron chi connectivity index (χ4n) is 11.8. The zero-order valence-corrected chi connectivity index (χ0v) is 56.5. The first kappa shape index (κ1) is 80.9. The molecule has 1 atom stereocenters. The van der Waals surface area contributed by atoms with E-state index in [0.29, 0.717) is 19.3 Å². The van der Waals surface area contributed by atoms with Crippen LogP contribution in [0.2, 0.25) is 0 Å². The Morgan fingerprint density at radius 1 is 0.241 bits per heavy atom. The monoisotopic (exact) mass is 1170 g/mol. The highest BCUT2D eigenvalue weighted by Gasteiger charge is 2.20. The van der Waals surface area contributed by atoms with Crippen LogP contribution in [-0.2, 0) is 28.6 Å². The maximum Gasteiger partial charge on any atom is 0.306 e. The third-order valence-electron chi connectivity index (χ3n) is 17.5. The van der Waals surface area contributed by atoms with Crippen LogP contribution in [0.1, 0.15) is 432 Å². The number of hydrogen-bond donors (Lipinski definition) is 0. The number of carbonyl (C=O) groups excluding carboxylic acids is 3. The van der Waals surface area contributed by atoms with Gasteiger partial charge in [0.2, 0.25) is 0 Å². The molecule has 6 nitrogen and oxygen atoms in total. The van der Waals surface area contributed by atoms with Crippen LogP contribution in [0.4, 0.5) is 0 Å². The molecule has 83 heavy (non-hydrogen) atoms. The van der Waals surface area contributed by atoms with Crippen LogP contribution in [0.5, 0.6) is 0 Å². The summed E-state index contributed by atoms with van der Waals surface area (Å²) >= 11 is 0. The van der Waals surface area contributed by atoms with Gasteiger partial charge >= 0.3 is 17.9 Å². The Hall–Kier alpha value is -2.11. The Balaban J connectivity index is 4.13. The third-order valence-corrected chi connectivity index (χ3v) is 17.5. The van der Waals surface area contributed by atoms with Crippen LogP contribution in [0.3, 0.4) is 0 Å². The normalized spacial score (nSPS) is 12.1. The van der Waals surface area contributed by atoms with Gasteiger partial charge in [0.1, 0.15) is 13.2 Å². The van der Waals surface area contributed by atoms with Gasteiger partial charge in [0, 0.05) is 19.3 Å². The van der Waals surface area contributed by atoms with Gasteiger partial charge in [0.25, 0.3) is 0 Å². The van der Waals surface area contributed by atoms with Crippen molar-refractivity contribution < 1.29 is 28.6 Å². The summed E-state index contributed by atoms with van der Waals surface area (Å²) in [6.07, 6.45) is 89.5. The largest absolute Gasteiger partial charge is 0.462 e. The predicted molar refractivity (Wildman–Crippen MR) is 363 cm³/mol. The van der Waals surface area contributed by atoms with E-state index < -0.39 is 6.10 Å². The number of ether oxygens (including phenoxy) is 3. The first-order valence-electron chi connectivity index (χ1n) is 37.8. The van der Waals surface area contributed by atoms with Crippen molar-refractivity contribution in [2.75, 3.05) is 13.2 Å². The molecule has 0 amide bonds. The zero-order valence-electron chi connectivity index (χ0n) is 56.5. The predicted octanol–water partition coefficient (Wildman–Crippen LogP) is 26.1. The highest BCUT2D eigenvalue weighted by atomic mass is 16.6. The van der Waals surface area contributed by atoms with Crippen molar-refractivity contribution in [3.8, 4) is 0 Å². The van der Waals surface area contributed by atoms with E-state index >= 15 is 0 Å². The number of allylic oxidation sites excluding steroid dienone is 4.